The van der Waals surface area contributed by atoms with Gasteiger partial charge in [0.15, 0.2) is 0 Å². The Kier molecular flexibility index (Phi) is 6.92. The number of methoxy groups -OCH3 is 1. The van der Waals surface area contributed by atoms with Crippen molar-refractivity contribution in [1.82, 2.24) is 5.32 Å². The molecule has 6 heteroatoms. The summed E-state index contributed by atoms with van der Waals surface area (Å²) in [6, 6.07) is -0.736. The quantitative estimate of drug-likeness (QED) is 0.556. The van der Waals surface area contributed by atoms with E-state index in [2.05, 4.69) is 10.1 Å². The molecule has 0 aliphatic rings. The molecule has 0 aliphatic carbocycles. The van der Waals surface area contributed by atoms with Crippen LogP contribution in [0.25, 0.3) is 0 Å². The zero-order valence-corrected chi connectivity index (χ0v) is 8.97. The fourth-order valence-electron chi connectivity index (χ4n) is 0.802. The SMILES string of the molecule is CCOC(=O)C(CCCl)NC(=O)OC. The molecule has 5 nitrogen and oxygen atoms in total. The molecular formula is C8H14ClNO4. The maximum atomic E-state index is 11.2. The Morgan fingerprint density at radius 3 is 2.57 bits per heavy atom. The Balaban J connectivity index is 4.13. The van der Waals surface area contributed by atoms with E-state index in [-0.39, 0.29) is 12.5 Å². The van der Waals surface area contributed by atoms with Gasteiger partial charge in [0, 0.05) is 5.88 Å². The first-order valence-corrected chi connectivity index (χ1v) is 4.76. The average Bonchev–Trinajstić information content (AvgIpc) is 2.17. The van der Waals surface area contributed by atoms with E-state index in [4.69, 9.17) is 16.3 Å². The molecule has 0 rings (SSSR count). The summed E-state index contributed by atoms with van der Waals surface area (Å²) in [7, 11) is 1.22. The van der Waals surface area contributed by atoms with Crippen molar-refractivity contribution in [3.63, 3.8) is 0 Å². The lowest BCUT2D eigenvalue weighted by molar-refractivity contribution is -0.145. The molecule has 0 fully saturated rings. The van der Waals surface area contributed by atoms with Crippen LogP contribution in [0.2, 0.25) is 0 Å². The van der Waals surface area contributed by atoms with Gasteiger partial charge in [0.1, 0.15) is 6.04 Å². The first kappa shape index (κ1) is 13.0. The number of esters is 1. The van der Waals surface area contributed by atoms with Crippen LogP contribution in [0.3, 0.4) is 0 Å². The van der Waals surface area contributed by atoms with Gasteiger partial charge in [-0.3, -0.25) is 0 Å². The Morgan fingerprint density at radius 2 is 2.14 bits per heavy atom. The Bertz CT molecular complexity index is 198. The lowest BCUT2D eigenvalue weighted by atomic mass is 10.2. The smallest absolute Gasteiger partial charge is 0.407 e. The number of carbonyl (C=O) groups is 2. The van der Waals surface area contributed by atoms with Crippen LogP contribution < -0.4 is 5.32 Å². The van der Waals surface area contributed by atoms with Crippen molar-refractivity contribution in [2.45, 2.75) is 19.4 Å². The first-order chi connectivity index (χ1) is 6.65. The van der Waals surface area contributed by atoms with Gasteiger partial charge in [-0.1, -0.05) is 0 Å². The maximum Gasteiger partial charge on any atom is 0.407 e. The van der Waals surface area contributed by atoms with Crippen LogP contribution in [0.4, 0.5) is 4.79 Å². The number of ether oxygens (including phenoxy) is 2. The number of hydrogen-bond donors (Lipinski definition) is 1. The van der Waals surface area contributed by atoms with Gasteiger partial charge in [-0.25, -0.2) is 9.59 Å². The molecule has 1 atom stereocenters. The van der Waals surface area contributed by atoms with E-state index in [1.165, 1.54) is 7.11 Å². The van der Waals surface area contributed by atoms with Gasteiger partial charge in [-0.15, -0.1) is 11.6 Å². The summed E-state index contributed by atoms with van der Waals surface area (Å²) in [6.07, 6.45) is -0.358. The van der Waals surface area contributed by atoms with Crippen molar-refractivity contribution in [2.24, 2.45) is 0 Å². The van der Waals surface area contributed by atoms with E-state index in [0.29, 0.717) is 6.42 Å². The summed E-state index contributed by atoms with van der Waals surface area (Å²) in [5.74, 6) is -0.244. The summed E-state index contributed by atoms with van der Waals surface area (Å²) in [6.45, 7) is 1.95. The molecule has 0 heterocycles. The van der Waals surface area contributed by atoms with Crippen LogP contribution in [-0.4, -0.2) is 37.7 Å². The molecule has 14 heavy (non-hydrogen) atoms. The Morgan fingerprint density at radius 1 is 1.50 bits per heavy atom. The summed E-state index contributed by atoms with van der Waals surface area (Å²) in [5.41, 5.74) is 0. The zero-order chi connectivity index (χ0) is 11.0. The van der Waals surface area contributed by atoms with E-state index < -0.39 is 18.1 Å². The van der Waals surface area contributed by atoms with Crippen LogP contribution in [0, 0.1) is 0 Å². The Hall–Kier alpha value is -0.970. The van der Waals surface area contributed by atoms with Crippen molar-refractivity contribution < 1.29 is 19.1 Å². The summed E-state index contributed by atoms with van der Waals surface area (Å²) in [4.78, 5) is 22.1. The minimum atomic E-state index is -0.736. The maximum absolute atomic E-state index is 11.2. The van der Waals surface area contributed by atoms with Gasteiger partial charge in [0.25, 0.3) is 0 Å². The molecule has 0 saturated carbocycles. The number of carbonyl (C=O) groups excluding carboxylic acids is 2. The third kappa shape index (κ3) is 4.91. The molecule has 0 aromatic rings. The van der Waals surface area contributed by atoms with Crippen molar-refractivity contribution in [1.29, 1.82) is 0 Å². The lowest BCUT2D eigenvalue weighted by Gasteiger charge is -2.14. The van der Waals surface area contributed by atoms with E-state index in [9.17, 15) is 9.59 Å². The molecule has 0 bridgehead atoms. The van der Waals surface area contributed by atoms with E-state index in [1.807, 2.05) is 0 Å². The highest BCUT2D eigenvalue weighted by Gasteiger charge is 2.21. The van der Waals surface area contributed by atoms with Gasteiger partial charge in [-0.05, 0) is 13.3 Å². The number of alkyl halides is 1. The molecular weight excluding hydrogens is 210 g/mol. The molecule has 0 spiro atoms. The number of hydrogen-bond acceptors (Lipinski definition) is 4. The van der Waals surface area contributed by atoms with Gasteiger partial charge >= 0.3 is 12.1 Å². The second-order valence-corrected chi connectivity index (χ2v) is 2.80. The number of amides is 1. The van der Waals surface area contributed by atoms with Crippen molar-refractivity contribution in [2.75, 3.05) is 19.6 Å². The van der Waals surface area contributed by atoms with E-state index in [1.54, 1.807) is 6.92 Å². The highest BCUT2D eigenvalue weighted by atomic mass is 35.5. The third-order valence-corrected chi connectivity index (χ3v) is 1.66. The van der Waals surface area contributed by atoms with Gasteiger partial charge in [0.2, 0.25) is 0 Å². The van der Waals surface area contributed by atoms with Crippen LogP contribution in [0.1, 0.15) is 13.3 Å². The topological polar surface area (TPSA) is 64.6 Å². The van der Waals surface area contributed by atoms with Crippen LogP contribution >= 0.6 is 11.6 Å². The van der Waals surface area contributed by atoms with Gasteiger partial charge in [0.05, 0.1) is 13.7 Å². The molecule has 0 aromatic heterocycles. The third-order valence-electron chi connectivity index (χ3n) is 1.45. The predicted octanol–water partition coefficient (Wildman–Crippen LogP) is 0.903. The highest BCUT2D eigenvalue weighted by molar-refractivity contribution is 6.18. The highest BCUT2D eigenvalue weighted by Crippen LogP contribution is 1.98. The predicted molar refractivity (Wildman–Crippen MR) is 51.3 cm³/mol. The van der Waals surface area contributed by atoms with Crippen LogP contribution in [0.5, 0.6) is 0 Å². The normalized spacial score (nSPS) is 11.6. The fourth-order valence-corrected chi connectivity index (χ4v) is 1.02. The summed E-state index contributed by atoms with van der Waals surface area (Å²) in [5, 5.41) is 2.33. The monoisotopic (exact) mass is 223 g/mol. The Labute approximate surface area is 87.7 Å². The van der Waals surface area contributed by atoms with Crippen molar-refractivity contribution in [3.8, 4) is 0 Å². The van der Waals surface area contributed by atoms with Crippen molar-refractivity contribution >= 4 is 23.7 Å². The number of rotatable bonds is 5. The van der Waals surface area contributed by atoms with E-state index in [0.717, 1.165) is 0 Å². The molecule has 0 saturated heterocycles. The molecule has 0 aliphatic heterocycles. The molecule has 0 aromatic carbocycles. The summed E-state index contributed by atoms with van der Waals surface area (Å²) >= 11 is 5.47. The molecule has 1 unspecified atom stereocenters. The average molecular weight is 224 g/mol. The van der Waals surface area contributed by atoms with Gasteiger partial charge < -0.3 is 14.8 Å². The van der Waals surface area contributed by atoms with Gasteiger partial charge in [-0.2, -0.15) is 0 Å². The molecule has 0 radical (unpaired) electrons. The molecule has 1 amide bonds. The standard InChI is InChI=1S/C8H14ClNO4/c1-3-14-7(11)6(4-5-9)10-8(12)13-2/h6H,3-5H2,1-2H3,(H,10,12). The number of alkyl carbamates (subject to hydrolysis) is 1. The second kappa shape index (κ2) is 7.44. The van der Waals surface area contributed by atoms with Crippen LogP contribution in [0.15, 0.2) is 0 Å². The first-order valence-electron chi connectivity index (χ1n) is 4.22. The lowest BCUT2D eigenvalue weighted by Crippen LogP contribution is -2.42. The summed E-state index contributed by atoms with van der Waals surface area (Å²) < 4.78 is 9.09. The zero-order valence-electron chi connectivity index (χ0n) is 8.21. The second-order valence-electron chi connectivity index (χ2n) is 2.42. The minimum absolute atomic E-state index is 0.257. The molecule has 82 valence electrons. The fraction of sp³-hybridized carbons (Fsp3) is 0.750. The van der Waals surface area contributed by atoms with E-state index >= 15 is 0 Å². The number of halogens is 1. The molecule has 1 N–H and O–H groups in total. The largest absolute Gasteiger partial charge is 0.464 e. The van der Waals surface area contributed by atoms with Crippen LogP contribution in [-0.2, 0) is 14.3 Å². The minimum Gasteiger partial charge on any atom is -0.464 e. The number of nitrogens with one attached hydrogen (secondary N) is 1. The van der Waals surface area contributed by atoms with Crippen molar-refractivity contribution in [3.05, 3.63) is 0 Å².